The summed E-state index contributed by atoms with van der Waals surface area (Å²) in [6.07, 6.45) is 1.95. The molecule has 0 spiro atoms. The smallest absolute Gasteiger partial charge is 0.270 e. The Morgan fingerprint density at radius 1 is 0.909 bits per heavy atom. The maximum absolute atomic E-state index is 12.1. The van der Waals surface area contributed by atoms with Gasteiger partial charge in [0.2, 0.25) is 0 Å². The van der Waals surface area contributed by atoms with E-state index in [0.717, 1.165) is 5.01 Å². The van der Waals surface area contributed by atoms with Gasteiger partial charge in [-0.15, -0.1) is 23.1 Å². The number of nitrogens with one attached hydrogen (secondary N) is 1. The minimum atomic E-state index is -0.446. The van der Waals surface area contributed by atoms with Gasteiger partial charge >= 0.3 is 0 Å². The van der Waals surface area contributed by atoms with E-state index in [9.17, 15) is 4.79 Å². The highest BCUT2D eigenvalue weighted by molar-refractivity contribution is 8.03. The fourth-order valence-corrected chi connectivity index (χ4v) is 5.64. The van der Waals surface area contributed by atoms with Crippen molar-refractivity contribution in [2.24, 2.45) is 0 Å². The number of thioether (sulfide) groups is 1. The van der Waals surface area contributed by atoms with Crippen molar-refractivity contribution in [1.29, 1.82) is 0 Å². The molecular weight excluding hydrogens is 448 g/mol. The maximum atomic E-state index is 12.1. The van der Waals surface area contributed by atoms with Crippen LogP contribution in [0.25, 0.3) is 6.08 Å². The number of hydrogen-bond acceptors (Lipinski definition) is 5. The summed E-state index contributed by atoms with van der Waals surface area (Å²) in [6, 6.07) is 31.5. The number of benzene rings is 3. The average Bonchev–Trinajstić information content (AvgIpc) is 3.36. The largest absolute Gasteiger partial charge is 0.395 e. The molecule has 1 aromatic heterocycles. The van der Waals surface area contributed by atoms with Crippen LogP contribution in [-0.4, -0.2) is 29.1 Å². The van der Waals surface area contributed by atoms with E-state index in [1.54, 1.807) is 17.1 Å². The Morgan fingerprint density at radius 3 is 1.91 bits per heavy atom. The molecule has 0 unspecified atom stereocenters. The zero-order valence-electron chi connectivity index (χ0n) is 17.9. The van der Waals surface area contributed by atoms with Gasteiger partial charge in [0.15, 0.2) is 0 Å². The van der Waals surface area contributed by atoms with E-state index in [1.165, 1.54) is 28.0 Å². The minimum absolute atomic E-state index is 0.0974. The summed E-state index contributed by atoms with van der Waals surface area (Å²) in [7, 11) is 0. The van der Waals surface area contributed by atoms with Gasteiger partial charge in [-0.3, -0.25) is 4.79 Å². The minimum Gasteiger partial charge on any atom is -0.395 e. The highest BCUT2D eigenvalue weighted by Crippen LogP contribution is 2.49. The first kappa shape index (κ1) is 23.0. The first-order valence-electron chi connectivity index (χ1n) is 10.6. The van der Waals surface area contributed by atoms with Crippen molar-refractivity contribution in [3.05, 3.63) is 129 Å². The molecule has 4 aromatic rings. The molecule has 0 saturated carbocycles. The molecule has 166 valence electrons. The average molecular weight is 473 g/mol. The monoisotopic (exact) mass is 472 g/mol. The Labute approximate surface area is 202 Å². The van der Waals surface area contributed by atoms with Crippen LogP contribution in [0.4, 0.5) is 0 Å². The van der Waals surface area contributed by atoms with Crippen LogP contribution in [0.1, 0.15) is 32.2 Å². The number of carbonyl (C=O) groups is 1. The third-order valence-electron chi connectivity index (χ3n) is 5.15. The summed E-state index contributed by atoms with van der Waals surface area (Å²) in [5.74, 6) is -0.278. The molecule has 33 heavy (non-hydrogen) atoms. The van der Waals surface area contributed by atoms with Gasteiger partial charge in [-0.1, -0.05) is 91.0 Å². The fraction of sp³-hybridized carbons (Fsp3) is 0.111. The molecule has 0 aliphatic heterocycles. The van der Waals surface area contributed by atoms with Crippen LogP contribution in [0.3, 0.4) is 0 Å². The number of aliphatic hydroxyl groups excluding tert-OH is 1. The molecule has 0 aliphatic rings. The Bertz CT molecular complexity index is 1100. The van der Waals surface area contributed by atoms with E-state index in [1.807, 2.05) is 24.3 Å². The molecule has 1 heterocycles. The van der Waals surface area contributed by atoms with Crippen LogP contribution in [0.5, 0.6) is 0 Å². The van der Waals surface area contributed by atoms with Crippen molar-refractivity contribution >= 4 is 35.1 Å². The summed E-state index contributed by atoms with van der Waals surface area (Å²) >= 11 is 3.12. The second kappa shape index (κ2) is 11.1. The number of aliphatic hydroxyl groups is 1. The summed E-state index contributed by atoms with van der Waals surface area (Å²) in [5.41, 5.74) is 3.90. The van der Waals surface area contributed by atoms with Gasteiger partial charge in [-0.25, -0.2) is 4.98 Å². The molecule has 0 atom stereocenters. The van der Waals surface area contributed by atoms with Crippen molar-refractivity contribution in [2.45, 2.75) is 4.75 Å². The normalized spacial score (nSPS) is 11.5. The van der Waals surface area contributed by atoms with Crippen LogP contribution in [-0.2, 0) is 4.75 Å². The molecule has 0 bridgehead atoms. The fourth-order valence-electron chi connectivity index (χ4n) is 3.65. The molecule has 0 fully saturated rings. The van der Waals surface area contributed by atoms with Gasteiger partial charge in [-0.05, 0) is 28.2 Å². The van der Waals surface area contributed by atoms with E-state index in [2.05, 4.69) is 88.5 Å². The predicted octanol–water partition coefficient (Wildman–Crippen LogP) is 5.56. The topological polar surface area (TPSA) is 62.2 Å². The molecule has 1 amide bonds. The lowest BCUT2D eigenvalue weighted by molar-refractivity contribution is 0.0940. The van der Waals surface area contributed by atoms with Gasteiger partial charge in [0, 0.05) is 11.9 Å². The predicted molar refractivity (Wildman–Crippen MR) is 137 cm³/mol. The molecule has 4 nitrogen and oxygen atoms in total. The third kappa shape index (κ3) is 5.25. The number of aromatic nitrogens is 1. The van der Waals surface area contributed by atoms with Gasteiger partial charge in [0.25, 0.3) is 5.91 Å². The summed E-state index contributed by atoms with van der Waals surface area (Å²) in [5, 5.41) is 16.1. The zero-order valence-corrected chi connectivity index (χ0v) is 19.6. The molecule has 4 rings (SSSR count). The molecular formula is C27H24N2O2S2. The number of thiazole rings is 1. The first-order chi connectivity index (χ1) is 16.2. The third-order valence-corrected chi connectivity index (χ3v) is 7.29. The lowest BCUT2D eigenvalue weighted by Gasteiger charge is -2.34. The van der Waals surface area contributed by atoms with Crippen molar-refractivity contribution < 1.29 is 9.90 Å². The first-order valence-corrected chi connectivity index (χ1v) is 12.4. The Kier molecular flexibility index (Phi) is 7.73. The van der Waals surface area contributed by atoms with Gasteiger partial charge < -0.3 is 10.4 Å². The lowest BCUT2D eigenvalue weighted by atomic mass is 9.84. The van der Waals surface area contributed by atoms with E-state index in [4.69, 9.17) is 5.11 Å². The summed E-state index contributed by atoms with van der Waals surface area (Å²) in [6.45, 7) is 0.116. The van der Waals surface area contributed by atoms with E-state index >= 15 is 0 Å². The van der Waals surface area contributed by atoms with Gasteiger partial charge in [0.05, 0.1) is 11.4 Å². The number of amides is 1. The van der Waals surface area contributed by atoms with Crippen LogP contribution in [0, 0.1) is 0 Å². The van der Waals surface area contributed by atoms with Crippen molar-refractivity contribution in [3.8, 4) is 0 Å². The second-order valence-corrected chi connectivity index (χ2v) is 9.26. The molecule has 0 saturated heterocycles. The van der Waals surface area contributed by atoms with Crippen LogP contribution in [0.15, 0.2) is 102 Å². The van der Waals surface area contributed by atoms with E-state index < -0.39 is 4.75 Å². The highest BCUT2D eigenvalue weighted by atomic mass is 32.2. The zero-order chi connectivity index (χ0) is 22.9. The lowest BCUT2D eigenvalue weighted by Crippen LogP contribution is -2.26. The Morgan fingerprint density at radius 2 is 1.42 bits per heavy atom. The Balaban J connectivity index is 1.71. The van der Waals surface area contributed by atoms with Gasteiger partial charge in [-0.2, -0.15) is 0 Å². The Hall–Kier alpha value is -3.19. The number of hydrogen-bond donors (Lipinski definition) is 2. The molecule has 2 N–H and O–H groups in total. The number of carbonyl (C=O) groups excluding carboxylic acids is 1. The van der Waals surface area contributed by atoms with Crippen LogP contribution in [0.2, 0.25) is 0 Å². The van der Waals surface area contributed by atoms with Gasteiger partial charge in [0.1, 0.15) is 10.7 Å². The number of nitrogens with zero attached hydrogens (tertiary/aromatic N) is 1. The van der Waals surface area contributed by atoms with Crippen molar-refractivity contribution in [3.63, 3.8) is 0 Å². The molecule has 0 aliphatic carbocycles. The summed E-state index contributed by atoms with van der Waals surface area (Å²) < 4.78 is -0.446. The maximum Gasteiger partial charge on any atom is 0.270 e. The number of rotatable bonds is 9. The van der Waals surface area contributed by atoms with Crippen molar-refractivity contribution in [1.82, 2.24) is 10.3 Å². The van der Waals surface area contributed by atoms with E-state index in [-0.39, 0.29) is 19.1 Å². The standard InChI is InChI=1S/C27H24N2O2S2/c30-18-17-28-26(31)24-20-32-25(29-24)16-19-33-27(21-10-4-1-5-11-21,22-12-6-2-7-13-22)23-14-8-3-9-15-23/h1-16,19-20,30H,17-18H2,(H,28,31). The van der Waals surface area contributed by atoms with E-state index in [0.29, 0.717) is 5.69 Å². The second-order valence-electron chi connectivity index (χ2n) is 7.25. The highest BCUT2D eigenvalue weighted by Gasteiger charge is 2.36. The molecule has 6 heteroatoms. The van der Waals surface area contributed by atoms with Crippen LogP contribution >= 0.6 is 23.1 Å². The SMILES string of the molecule is O=C(NCCO)c1csc(C=CSC(c2ccccc2)(c2ccccc2)c2ccccc2)n1. The molecule has 0 radical (unpaired) electrons. The quantitative estimate of drug-likeness (QED) is 0.313. The summed E-state index contributed by atoms with van der Waals surface area (Å²) in [4.78, 5) is 16.5. The molecule has 3 aromatic carbocycles. The van der Waals surface area contributed by atoms with Crippen LogP contribution < -0.4 is 5.32 Å². The van der Waals surface area contributed by atoms with Crippen molar-refractivity contribution in [2.75, 3.05) is 13.2 Å².